The van der Waals surface area contributed by atoms with Crippen LogP contribution >= 0.6 is 11.9 Å². The van der Waals surface area contributed by atoms with E-state index in [1.165, 1.54) is 15.7 Å². The highest BCUT2D eigenvalue weighted by molar-refractivity contribution is 7.97. The zero-order chi connectivity index (χ0) is 15.5. The third-order valence-electron chi connectivity index (χ3n) is 4.27. The van der Waals surface area contributed by atoms with Gasteiger partial charge in [0.05, 0.1) is 0 Å². The molecule has 2 aromatic rings. The van der Waals surface area contributed by atoms with Gasteiger partial charge in [0.15, 0.2) is 0 Å². The number of rotatable bonds is 4. The van der Waals surface area contributed by atoms with Crippen molar-refractivity contribution in [1.82, 2.24) is 14.2 Å². The Hall–Kier alpha value is -1.30. The van der Waals surface area contributed by atoms with Crippen LogP contribution < -0.4 is 4.90 Å². The highest BCUT2D eigenvalue weighted by atomic mass is 32.2. The zero-order valence-corrected chi connectivity index (χ0v) is 14.4. The Labute approximate surface area is 137 Å². The van der Waals surface area contributed by atoms with Crippen LogP contribution in [-0.2, 0) is 0 Å². The summed E-state index contributed by atoms with van der Waals surface area (Å²) in [4.78, 5) is 10.5. The van der Waals surface area contributed by atoms with E-state index in [1.54, 1.807) is 0 Å². The number of hydrogen-bond donors (Lipinski definition) is 0. The van der Waals surface area contributed by atoms with E-state index >= 15 is 0 Å². The summed E-state index contributed by atoms with van der Waals surface area (Å²) in [7, 11) is 4.29. The van der Waals surface area contributed by atoms with Crippen LogP contribution in [0.3, 0.4) is 0 Å². The van der Waals surface area contributed by atoms with Gasteiger partial charge in [-0.2, -0.15) is 0 Å². The Morgan fingerprint density at radius 2 is 1.91 bits per heavy atom. The summed E-state index contributed by atoms with van der Waals surface area (Å²) in [5.41, 5.74) is 0. The third kappa shape index (κ3) is 3.21. The fraction of sp³-hybridized carbons (Fsp3) is 0.471. The lowest BCUT2D eigenvalue weighted by molar-refractivity contribution is 0.233. The summed E-state index contributed by atoms with van der Waals surface area (Å²) in [6.07, 6.45) is 1.93. The van der Waals surface area contributed by atoms with Gasteiger partial charge >= 0.3 is 0 Å². The van der Waals surface area contributed by atoms with Crippen LogP contribution in [0.5, 0.6) is 0 Å². The van der Waals surface area contributed by atoms with Crippen molar-refractivity contribution in [2.75, 3.05) is 51.7 Å². The summed E-state index contributed by atoms with van der Waals surface area (Å²) in [6.45, 7) is 7.63. The molecule has 1 saturated heterocycles. The average molecular weight is 316 g/mol. The molecule has 1 aliphatic heterocycles. The van der Waals surface area contributed by atoms with Crippen LogP contribution in [0.1, 0.15) is 6.92 Å². The first-order chi connectivity index (χ1) is 10.7. The second-order valence-electron chi connectivity index (χ2n) is 5.82. The van der Waals surface area contributed by atoms with E-state index in [0.717, 1.165) is 38.5 Å². The van der Waals surface area contributed by atoms with Crippen molar-refractivity contribution in [2.45, 2.75) is 11.8 Å². The van der Waals surface area contributed by atoms with Crippen LogP contribution in [0.15, 0.2) is 35.4 Å². The van der Waals surface area contributed by atoms with Crippen molar-refractivity contribution in [1.29, 1.82) is 0 Å². The molecule has 22 heavy (non-hydrogen) atoms. The monoisotopic (exact) mass is 316 g/mol. The molecule has 1 fully saturated rings. The molecule has 0 amide bonds. The van der Waals surface area contributed by atoms with Crippen molar-refractivity contribution in [3.05, 3.63) is 30.5 Å². The molecule has 4 nitrogen and oxygen atoms in total. The Balaban J connectivity index is 1.90. The molecule has 1 aromatic heterocycles. The minimum Gasteiger partial charge on any atom is -0.359 e. The second kappa shape index (κ2) is 6.86. The molecule has 1 aliphatic rings. The maximum Gasteiger partial charge on any atom is 0.136 e. The highest BCUT2D eigenvalue weighted by Gasteiger charge is 2.16. The number of piperazine rings is 1. The van der Waals surface area contributed by atoms with Gasteiger partial charge in [-0.05, 0) is 38.1 Å². The minimum atomic E-state index is 0.960. The molecule has 0 atom stereocenters. The van der Waals surface area contributed by atoms with Gasteiger partial charge in [0, 0.05) is 61.6 Å². The quantitative estimate of drug-likeness (QED) is 0.807. The molecule has 1 aromatic carbocycles. The van der Waals surface area contributed by atoms with Crippen molar-refractivity contribution in [3.63, 3.8) is 0 Å². The number of aromatic nitrogens is 1. The van der Waals surface area contributed by atoms with Crippen LogP contribution in [0.4, 0.5) is 5.82 Å². The molecule has 0 saturated carbocycles. The molecule has 0 N–H and O–H groups in total. The number of fused-ring (bicyclic) bond motifs is 1. The van der Waals surface area contributed by atoms with Gasteiger partial charge in [0.25, 0.3) is 0 Å². The van der Waals surface area contributed by atoms with E-state index in [-0.39, 0.29) is 0 Å². The van der Waals surface area contributed by atoms with Crippen molar-refractivity contribution >= 4 is 28.5 Å². The van der Waals surface area contributed by atoms with Gasteiger partial charge in [-0.15, -0.1) is 0 Å². The maximum absolute atomic E-state index is 4.57. The normalized spacial score (nSPS) is 17.0. The van der Waals surface area contributed by atoms with Crippen molar-refractivity contribution in [2.24, 2.45) is 0 Å². The second-order valence-corrected chi connectivity index (χ2v) is 6.96. The van der Waals surface area contributed by atoms with E-state index in [4.69, 9.17) is 0 Å². The molecular weight excluding hydrogens is 292 g/mol. The van der Waals surface area contributed by atoms with E-state index in [2.05, 4.69) is 64.4 Å². The number of hydrogen-bond acceptors (Lipinski definition) is 5. The fourth-order valence-corrected chi connectivity index (χ4v) is 3.75. The van der Waals surface area contributed by atoms with Gasteiger partial charge in [-0.3, -0.25) is 0 Å². The standard InChI is InChI=1S/C17H24N4S/c1-4-20(3)17-15-6-5-7-16(14(15)8-9-18-17)22-21-12-10-19(2)11-13-21/h5-9H,4,10-13H2,1-3H3. The number of anilines is 1. The maximum atomic E-state index is 4.57. The first-order valence-corrected chi connectivity index (χ1v) is 8.66. The molecule has 0 radical (unpaired) electrons. The van der Waals surface area contributed by atoms with Gasteiger partial charge in [-0.25, -0.2) is 9.29 Å². The Morgan fingerprint density at radius 1 is 1.14 bits per heavy atom. The summed E-state index contributed by atoms with van der Waals surface area (Å²) in [5.74, 6) is 1.07. The summed E-state index contributed by atoms with van der Waals surface area (Å²) >= 11 is 1.88. The molecule has 0 unspecified atom stereocenters. The smallest absolute Gasteiger partial charge is 0.136 e. The van der Waals surface area contributed by atoms with Gasteiger partial charge in [0.2, 0.25) is 0 Å². The predicted molar refractivity (Wildman–Crippen MR) is 95.6 cm³/mol. The molecule has 2 heterocycles. The Morgan fingerprint density at radius 3 is 2.64 bits per heavy atom. The number of benzene rings is 1. The molecule has 118 valence electrons. The summed E-state index contributed by atoms with van der Waals surface area (Å²) in [6, 6.07) is 8.69. The average Bonchev–Trinajstić information content (AvgIpc) is 2.56. The lowest BCUT2D eigenvalue weighted by Gasteiger charge is -2.31. The summed E-state index contributed by atoms with van der Waals surface area (Å²) < 4.78 is 2.47. The van der Waals surface area contributed by atoms with Crippen LogP contribution in [0.2, 0.25) is 0 Å². The first kappa shape index (κ1) is 15.6. The molecule has 0 aliphatic carbocycles. The van der Waals surface area contributed by atoms with Gasteiger partial charge < -0.3 is 9.80 Å². The Bertz CT molecular complexity index is 638. The topological polar surface area (TPSA) is 22.6 Å². The lowest BCUT2D eigenvalue weighted by Crippen LogP contribution is -2.40. The molecule has 3 rings (SSSR count). The van der Waals surface area contributed by atoms with Gasteiger partial charge in [-0.1, -0.05) is 12.1 Å². The Kier molecular flexibility index (Phi) is 4.86. The molecule has 0 spiro atoms. The number of pyridine rings is 1. The summed E-state index contributed by atoms with van der Waals surface area (Å²) in [5, 5.41) is 2.54. The highest BCUT2D eigenvalue weighted by Crippen LogP contribution is 2.33. The van der Waals surface area contributed by atoms with E-state index < -0.39 is 0 Å². The molecule has 0 bridgehead atoms. The van der Waals surface area contributed by atoms with E-state index in [0.29, 0.717) is 0 Å². The lowest BCUT2D eigenvalue weighted by atomic mass is 10.1. The van der Waals surface area contributed by atoms with E-state index in [9.17, 15) is 0 Å². The van der Waals surface area contributed by atoms with Crippen molar-refractivity contribution < 1.29 is 0 Å². The molecular formula is C17H24N4S. The fourth-order valence-electron chi connectivity index (χ4n) is 2.71. The minimum absolute atomic E-state index is 0.960. The predicted octanol–water partition coefficient (Wildman–Crippen LogP) is 2.95. The largest absolute Gasteiger partial charge is 0.359 e. The number of nitrogens with zero attached hydrogens (tertiary/aromatic N) is 4. The first-order valence-electron chi connectivity index (χ1n) is 7.89. The van der Waals surface area contributed by atoms with Crippen LogP contribution in [0, 0.1) is 0 Å². The van der Waals surface area contributed by atoms with E-state index in [1.807, 2.05) is 18.1 Å². The van der Waals surface area contributed by atoms with Crippen molar-refractivity contribution in [3.8, 4) is 0 Å². The third-order valence-corrected chi connectivity index (χ3v) is 5.45. The molecule has 5 heteroatoms. The number of likely N-dealkylation sites (N-methyl/N-ethyl adjacent to an activating group) is 1. The van der Waals surface area contributed by atoms with Crippen LogP contribution in [-0.4, -0.2) is 61.0 Å². The zero-order valence-electron chi connectivity index (χ0n) is 13.6. The SMILES string of the molecule is CCN(C)c1nccc2c(SN3CCN(C)CC3)cccc12. The van der Waals surface area contributed by atoms with Crippen LogP contribution in [0.25, 0.3) is 10.8 Å². The van der Waals surface area contributed by atoms with Gasteiger partial charge in [0.1, 0.15) is 5.82 Å².